The van der Waals surface area contributed by atoms with E-state index in [4.69, 9.17) is 5.73 Å². The van der Waals surface area contributed by atoms with E-state index < -0.39 is 24.3 Å². The molecule has 0 radical (unpaired) electrons. The van der Waals surface area contributed by atoms with Crippen LogP contribution >= 0.6 is 0 Å². The fraction of sp³-hybridized carbons (Fsp3) is 0.500. The second-order valence-electron chi connectivity index (χ2n) is 5.76. The molecule has 1 heterocycles. The molecule has 3 rings (SSSR count). The van der Waals surface area contributed by atoms with Crippen LogP contribution in [0.25, 0.3) is 10.9 Å². The van der Waals surface area contributed by atoms with E-state index in [1.807, 2.05) is 13.0 Å². The molecular formula is C14H19BF2N4OS. The zero-order valence-corrected chi connectivity index (χ0v) is 13.9. The van der Waals surface area contributed by atoms with Gasteiger partial charge >= 0.3 is 0 Å². The van der Waals surface area contributed by atoms with Gasteiger partial charge < -0.3 is 10.3 Å². The average molecular weight is 340 g/mol. The predicted molar refractivity (Wildman–Crippen MR) is 91.7 cm³/mol. The molecule has 1 saturated carbocycles. The Kier molecular flexibility index (Phi) is 4.42. The van der Waals surface area contributed by atoms with Crippen LogP contribution in [0.5, 0.6) is 0 Å². The Labute approximate surface area is 137 Å². The van der Waals surface area contributed by atoms with E-state index in [0.717, 1.165) is 23.8 Å². The maximum absolute atomic E-state index is 12.9. The molecule has 0 spiro atoms. The minimum atomic E-state index is -2.53. The van der Waals surface area contributed by atoms with Gasteiger partial charge in [-0.3, -0.25) is 4.68 Å². The van der Waals surface area contributed by atoms with Crippen molar-refractivity contribution < 1.29 is 13.3 Å². The third-order valence-corrected chi connectivity index (χ3v) is 5.82. The number of nitrogen functional groups attached to an aromatic ring is 1. The summed E-state index contributed by atoms with van der Waals surface area (Å²) in [6, 6.07) is 3.59. The molecule has 1 aromatic heterocycles. The van der Waals surface area contributed by atoms with Crippen molar-refractivity contribution in [3.8, 4) is 0 Å². The maximum atomic E-state index is 12.9. The third-order valence-electron chi connectivity index (χ3n) is 4.06. The summed E-state index contributed by atoms with van der Waals surface area (Å²) in [6.07, 6.45) is 0.0358. The van der Waals surface area contributed by atoms with E-state index in [9.17, 15) is 13.3 Å². The largest absolute Gasteiger partial charge is 0.594 e. The van der Waals surface area contributed by atoms with Crippen molar-refractivity contribution in [1.82, 2.24) is 9.78 Å². The summed E-state index contributed by atoms with van der Waals surface area (Å²) >= 11 is -1.20. The second kappa shape index (κ2) is 6.20. The number of rotatable bonds is 6. The molecule has 124 valence electrons. The summed E-state index contributed by atoms with van der Waals surface area (Å²) in [7, 11) is 1.70. The van der Waals surface area contributed by atoms with Crippen LogP contribution in [0.3, 0.4) is 0 Å². The first kappa shape index (κ1) is 16.4. The first-order valence-electron chi connectivity index (χ1n) is 7.64. The standard InChI is InChI=1S/C14H19BF2N4OS/c1-2-8-3-6-10(18)13-12(8)14(19-20(13)7-11(16)17)21(15)23(22)9-4-5-9/h3,6,9,11H,2,4-5,7,15,18H2,1H3. The normalized spacial score (nSPS) is 16.2. The number of aryl methyl sites for hydroxylation is 1. The topological polar surface area (TPSA) is 70.1 Å². The van der Waals surface area contributed by atoms with Gasteiger partial charge in [-0.15, -0.1) is 0 Å². The number of hydrogen-bond acceptors (Lipinski definition) is 4. The zero-order valence-electron chi connectivity index (χ0n) is 13.1. The average Bonchev–Trinajstić information content (AvgIpc) is 3.29. The number of aromatic nitrogens is 2. The van der Waals surface area contributed by atoms with Crippen LogP contribution in [-0.2, 0) is 24.3 Å². The summed E-state index contributed by atoms with van der Waals surface area (Å²) in [5.41, 5.74) is 7.88. The fourth-order valence-corrected chi connectivity index (χ4v) is 4.03. The Balaban J connectivity index is 2.17. The maximum Gasteiger partial charge on any atom is 0.286 e. The molecule has 0 bridgehead atoms. The molecule has 2 N–H and O–H groups in total. The molecular weight excluding hydrogens is 321 g/mol. The number of halogens is 2. The van der Waals surface area contributed by atoms with Crippen molar-refractivity contribution in [2.45, 2.75) is 44.4 Å². The number of fused-ring (bicyclic) bond motifs is 1. The van der Waals surface area contributed by atoms with Crippen molar-refractivity contribution in [1.29, 1.82) is 0 Å². The molecule has 0 amide bonds. The summed E-state index contributed by atoms with van der Waals surface area (Å²) in [5.74, 6) is 0.468. The van der Waals surface area contributed by atoms with Crippen LogP contribution < -0.4 is 9.95 Å². The lowest BCUT2D eigenvalue weighted by atomic mass is 10.1. The molecule has 1 aliphatic carbocycles. The Morgan fingerprint density at radius 2 is 2.22 bits per heavy atom. The summed E-state index contributed by atoms with van der Waals surface area (Å²) in [6.45, 7) is 1.45. The van der Waals surface area contributed by atoms with E-state index in [2.05, 4.69) is 5.10 Å². The molecule has 9 heteroatoms. The minimum absolute atomic E-state index is 0.140. The lowest BCUT2D eigenvalue weighted by molar-refractivity contribution is 0.123. The Morgan fingerprint density at radius 3 is 2.78 bits per heavy atom. The first-order chi connectivity index (χ1) is 10.9. The van der Waals surface area contributed by atoms with E-state index in [-0.39, 0.29) is 5.25 Å². The quantitative estimate of drug-likeness (QED) is 0.493. The minimum Gasteiger partial charge on any atom is -0.594 e. The molecule has 23 heavy (non-hydrogen) atoms. The number of benzene rings is 1. The monoisotopic (exact) mass is 340 g/mol. The number of anilines is 2. The van der Waals surface area contributed by atoms with E-state index >= 15 is 0 Å². The molecule has 0 saturated heterocycles. The van der Waals surface area contributed by atoms with Gasteiger partial charge in [-0.1, -0.05) is 13.0 Å². The lowest BCUT2D eigenvalue weighted by Gasteiger charge is -2.21. The highest BCUT2D eigenvalue weighted by Crippen LogP contribution is 2.38. The molecule has 0 aliphatic heterocycles. The van der Waals surface area contributed by atoms with Gasteiger partial charge in [-0.25, -0.2) is 13.0 Å². The Morgan fingerprint density at radius 1 is 1.52 bits per heavy atom. The van der Waals surface area contributed by atoms with Crippen LogP contribution in [0, 0.1) is 0 Å². The van der Waals surface area contributed by atoms with Crippen LogP contribution in [0.4, 0.5) is 20.3 Å². The summed E-state index contributed by atoms with van der Waals surface area (Å²) in [5, 5.41) is 5.19. The van der Waals surface area contributed by atoms with Crippen LogP contribution in [-0.4, -0.2) is 34.0 Å². The van der Waals surface area contributed by atoms with Gasteiger partial charge in [0, 0.05) is 12.8 Å². The predicted octanol–water partition coefficient (Wildman–Crippen LogP) is 1.63. The molecule has 1 aliphatic rings. The number of hydrogen-bond donors (Lipinski definition) is 1. The van der Waals surface area contributed by atoms with Crippen molar-refractivity contribution in [2.24, 2.45) is 0 Å². The van der Waals surface area contributed by atoms with Gasteiger partial charge in [0.25, 0.3) is 14.4 Å². The van der Waals surface area contributed by atoms with Crippen molar-refractivity contribution in [3.63, 3.8) is 0 Å². The summed E-state index contributed by atoms with van der Waals surface area (Å²) < 4.78 is 41.1. The number of nitrogens with two attached hydrogens (primary N) is 1. The highest BCUT2D eigenvalue weighted by atomic mass is 32.2. The lowest BCUT2D eigenvalue weighted by Crippen LogP contribution is -2.32. The molecule has 5 nitrogen and oxygen atoms in total. The van der Waals surface area contributed by atoms with Gasteiger partial charge in [0.15, 0.2) is 5.82 Å². The Bertz CT molecular complexity index is 722. The summed E-state index contributed by atoms with van der Waals surface area (Å²) in [4.78, 5) is 0. The van der Waals surface area contributed by atoms with E-state index in [1.165, 1.54) is 4.68 Å². The van der Waals surface area contributed by atoms with Crippen LogP contribution in [0.1, 0.15) is 25.3 Å². The smallest absolute Gasteiger partial charge is 0.286 e. The third kappa shape index (κ3) is 2.99. The van der Waals surface area contributed by atoms with Gasteiger partial charge in [0.2, 0.25) is 0 Å². The van der Waals surface area contributed by atoms with Crippen LogP contribution in [0.2, 0.25) is 0 Å². The van der Waals surface area contributed by atoms with E-state index in [1.54, 1.807) is 18.3 Å². The molecule has 1 fully saturated rings. The van der Waals surface area contributed by atoms with Crippen molar-refractivity contribution >= 4 is 41.8 Å². The fourth-order valence-electron chi connectivity index (χ4n) is 2.75. The first-order valence-corrected chi connectivity index (χ1v) is 8.81. The van der Waals surface area contributed by atoms with Gasteiger partial charge in [0.1, 0.15) is 11.8 Å². The molecule has 2 aromatic rings. The highest BCUT2D eigenvalue weighted by molar-refractivity contribution is 7.94. The Hall–Kier alpha value is -1.48. The molecule has 1 aromatic carbocycles. The van der Waals surface area contributed by atoms with Crippen molar-refractivity contribution in [2.75, 3.05) is 9.95 Å². The van der Waals surface area contributed by atoms with E-state index in [0.29, 0.717) is 23.4 Å². The second-order valence-corrected chi connectivity index (χ2v) is 7.53. The number of nitrogens with zero attached hydrogens (tertiary/aromatic N) is 3. The van der Waals surface area contributed by atoms with Gasteiger partial charge in [-0.05, 0) is 18.1 Å². The zero-order chi connectivity index (χ0) is 16.7. The number of alkyl halides is 2. The van der Waals surface area contributed by atoms with Gasteiger partial charge in [0.05, 0.1) is 28.0 Å². The highest BCUT2D eigenvalue weighted by Gasteiger charge is 2.39. The molecule has 1 atom stereocenters. The SMILES string of the molecule is BN(c1nn(CC(F)F)c2c(N)ccc(CC)c12)[S+]([O-])C1CC1. The molecule has 1 unspecified atom stereocenters. The van der Waals surface area contributed by atoms with Crippen LogP contribution in [0.15, 0.2) is 12.1 Å². The van der Waals surface area contributed by atoms with Crippen molar-refractivity contribution in [3.05, 3.63) is 17.7 Å². The van der Waals surface area contributed by atoms with Gasteiger partial charge in [-0.2, -0.15) is 5.10 Å².